The molecule has 0 saturated heterocycles. The zero-order chi connectivity index (χ0) is 13.6. The number of rotatable bonds is 7. The Morgan fingerprint density at radius 2 is 1.83 bits per heavy atom. The molecule has 0 fully saturated rings. The van der Waals surface area contributed by atoms with Crippen LogP contribution in [0.4, 0.5) is 5.69 Å². The first kappa shape index (κ1) is 15.2. The van der Waals surface area contributed by atoms with Crippen molar-refractivity contribution in [2.75, 3.05) is 19.3 Å². The monoisotopic (exact) mass is 273 g/mol. The molecule has 5 nitrogen and oxygen atoms in total. The summed E-state index contributed by atoms with van der Waals surface area (Å²) in [4.78, 5) is 0. The van der Waals surface area contributed by atoms with Crippen molar-refractivity contribution >= 4 is 13.3 Å². The Bertz CT molecular complexity index is 390. The van der Waals surface area contributed by atoms with Crippen molar-refractivity contribution < 1.29 is 18.8 Å². The summed E-state index contributed by atoms with van der Waals surface area (Å²) in [6, 6.07) is 8.91. The molecule has 0 amide bonds. The molecular weight excluding hydrogens is 253 g/mol. The van der Waals surface area contributed by atoms with Crippen LogP contribution in [-0.4, -0.2) is 25.2 Å². The van der Waals surface area contributed by atoms with Gasteiger partial charge < -0.3 is 9.05 Å². The molecule has 6 heteroatoms. The molecule has 0 saturated carbocycles. The molecular formula is C12H20NO4P. The average molecular weight is 273 g/mol. The highest BCUT2D eigenvalue weighted by molar-refractivity contribution is 7.54. The highest BCUT2D eigenvalue weighted by atomic mass is 31.2. The van der Waals surface area contributed by atoms with Gasteiger partial charge in [0.25, 0.3) is 0 Å². The molecule has 1 N–H and O–H groups in total. The normalized spacial score (nSPS) is 13.3. The molecule has 1 rings (SSSR count). The van der Waals surface area contributed by atoms with Gasteiger partial charge in [0, 0.05) is 14.2 Å². The summed E-state index contributed by atoms with van der Waals surface area (Å²) in [5.74, 6) is -0.708. The number of anilines is 1. The molecule has 1 unspecified atom stereocenters. The Balaban J connectivity index is 3.02. The fourth-order valence-corrected chi connectivity index (χ4v) is 3.35. The zero-order valence-corrected chi connectivity index (χ0v) is 11.8. The minimum absolute atomic E-state index is 0.504. The standard InChI is InChI=1S/C12H20NO4P/c1-4-8-12(18(15,16-2)17-3)13(14)11-9-6-5-7-10-11/h5-7,9-10,12,14H,4,8H2,1-3H3. The van der Waals surface area contributed by atoms with Crippen LogP contribution in [0.1, 0.15) is 19.8 Å². The first-order chi connectivity index (χ1) is 8.59. The quantitative estimate of drug-likeness (QED) is 0.608. The van der Waals surface area contributed by atoms with Crippen LogP contribution in [0.15, 0.2) is 30.3 Å². The summed E-state index contributed by atoms with van der Waals surface area (Å²) < 4.78 is 22.4. The molecule has 0 spiro atoms. The van der Waals surface area contributed by atoms with Gasteiger partial charge in [-0.2, -0.15) is 0 Å². The molecule has 0 aliphatic carbocycles. The van der Waals surface area contributed by atoms with Crippen molar-refractivity contribution in [1.29, 1.82) is 0 Å². The number of nitrogens with zero attached hydrogens (tertiary/aromatic N) is 1. The average Bonchev–Trinajstić information content (AvgIpc) is 2.44. The smallest absolute Gasteiger partial charge is 0.310 e. The highest BCUT2D eigenvalue weighted by Crippen LogP contribution is 2.54. The zero-order valence-electron chi connectivity index (χ0n) is 10.9. The Morgan fingerprint density at radius 3 is 2.28 bits per heavy atom. The van der Waals surface area contributed by atoms with Crippen LogP contribution in [0.25, 0.3) is 0 Å². The molecule has 1 aromatic rings. The fourth-order valence-electron chi connectivity index (χ4n) is 1.74. The van der Waals surface area contributed by atoms with Crippen LogP contribution < -0.4 is 5.06 Å². The van der Waals surface area contributed by atoms with Crippen molar-refractivity contribution in [3.05, 3.63) is 30.3 Å². The van der Waals surface area contributed by atoms with E-state index in [2.05, 4.69) is 0 Å². The van der Waals surface area contributed by atoms with Gasteiger partial charge >= 0.3 is 7.60 Å². The summed E-state index contributed by atoms with van der Waals surface area (Å²) in [6.45, 7) is 1.95. The second-order valence-electron chi connectivity index (χ2n) is 3.85. The molecule has 0 aromatic heterocycles. The minimum Gasteiger partial charge on any atom is -0.310 e. The van der Waals surface area contributed by atoms with Crippen molar-refractivity contribution in [3.63, 3.8) is 0 Å². The topological polar surface area (TPSA) is 59.0 Å². The molecule has 1 aromatic carbocycles. The van der Waals surface area contributed by atoms with Crippen LogP contribution in [0, 0.1) is 0 Å². The third kappa shape index (κ3) is 3.33. The highest BCUT2D eigenvalue weighted by Gasteiger charge is 2.38. The van der Waals surface area contributed by atoms with E-state index in [4.69, 9.17) is 9.05 Å². The lowest BCUT2D eigenvalue weighted by Crippen LogP contribution is -2.33. The van der Waals surface area contributed by atoms with Crippen molar-refractivity contribution in [3.8, 4) is 0 Å². The van der Waals surface area contributed by atoms with E-state index in [0.717, 1.165) is 11.5 Å². The lowest BCUT2D eigenvalue weighted by molar-refractivity contribution is 0.199. The summed E-state index contributed by atoms with van der Waals surface area (Å²) >= 11 is 0. The molecule has 0 radical (unpaired) electrons. The second kappa shape index (κ2) is 6.90. The molecule has 0 heterocycles. The molecule has 1 atom stereocenters. The number of hydroxylamine groups is 1. The lowest BCUT2D eigenvalue weighted by atomic mass is 10.3. The van der Waals surface area contributed by atoms with Crippen LogP contribution in [-0.2, 0) is 13.6 Å². The van der Waals surface area contributed by atoms with Gasteiger partial charge in [-0.15, -0.1) is 0 Å². The summed E-state index contributed by atoms with van der Waals surface area (Å²) in [5, 5.41) is 11.2. The van der Waals surface area contributed by atoms with E-state index in [9.17, 15) is 9.77 Å². The SMILES string of the molecule is CCCC(N(O)c1ccccc1)P(=O)(OC)OC. The maximum absolute atomic E-state index is 12.4. The van der Waals surface area contributed by atoms with Gasteiger partial charge in [-0.25, -0.2) is 5.06 Å². The number of hydrogen-bond donors (Lipinski definition) is 1. The Kier molecular flexibility index (Phi) is 5.82. The Hall–Kier alpha value is -0.870. The Labute approximate surface area is 108 Å². The number of benzene rings is 1. The first-order valence-corrected chi connectivity index (χ1v) is 7.44. The largest absolute Gasteiger partial charge is 0.354 e. The number of hydrogen-bond acceptors (Lipinski definition) is 5. The molecule has 0 bridgehead atoms. The van der Waals surface area contributed by atoms with E-state index < -0.39 is 13.4 Å². The third-order valence-corrected chi connectivity index (χ3v) is 4.95. The van der Waals surface area contributed by atoms with Gasteiger partial charge in [-0.3, -0.25) is 9.77 Å². The van der Waals surface area contributed by atoms with Crippen LogP contribution in [0.3, 0.4) is 0 Å². The van der Waals surface area contributed by atoms with Gasteiger partial charge in [-0.05, 0) is 18.6 Å². The predicted molar refractivity (Wildman–Crippen MR) is 71.0 cm³/mol. The van der Waals surface area contributed by atoms with Crippen LogP contribution >= 0.6 is 7.60 Å². The van der Waals surface area contributed by atoms with Crippen LogP contribution in [0.2, 0.25) is 0 Å². The van der Waals surface area contributed by atoms with Gasteiger partial charge in [0.2, 0.25) is 0 Å². The molecule has 0 aliphatic heterocycles. The van der Waals surface area contributed by atoms with Gasteiger partial charge in [0.1, 0.15) is 0 Å². The summed E-state index contributed by atoms with van der Waals surface area (Å²) in [6.07, 6.45) is 1.26. The van der Waals surface area contributed by atoms with E-state index in [0.29, 0.717) is 12.1 Å². The van der Waals surface area contributed by atoms with Crippen molar-refractivity contribution in [2.24, 2.45) is 0 Å². The van der Waals surface area contributed by atoms with Gasteiger partial charge in [0.15, 0.2) is 5.78 Å². The van der Waals surface area contributed by atoms with E-state index in [1.807, 2.05) is 13.0 Å². The number of para-hydroxylation sites is 1. The van der Waals surface area contributed by atoms with E-state index in [-0.39, 0.29) is 0 Å². The maximum atomic E-state index is 12.4. The summed E-state index contributed by atoms with van der Waals surface area (Å²) in [5.41, 5.74) is 0.560. The predicted octanol–water partition coefficient (Wildman–Crippen LogP) is 3.49. The van der Waals surface area contributed by atoms with Gasteiger partial charge in [0.05, 0.1) is 5.69 Å². The second-order valence-corrected chi connectivity index (χ2v) is 6.26. The van der Waals surface area contributed by atoms with E-state index >= 15 is 0 Å². The van der Waals surface area contributed by atoms with Gasteiger partial charge in [-0.1, -0.05) is 31.5 Å². The van der Waals surface area contributed by atoms with E-state index in [1.54, 1.807) is 24.3 Å². The summed E-state index contributed by atoms with van der Waals surface area (Å²) in [7, 11) is -0.703. The fraction of sp³-hybridized carbons (Fsp3) is 0.500. The minimum atomic E-state index is -3.35. The van der Waals surface area contributed by atoms with Crippen LogP contribution in [0.5, 0.6) is 0 Å². The molecule has 102 valence electrons. The van der Waals surface area contributed by atoms with Crippen molar-refractivity contribution in [2.45, 2.75) is 25.5 Å². The van der Waals surface area contributed by atoms with Crippen molar-refractivity contribution in [1.82, 2.24) is 0 Å². The maximum Gasteiger partial charge on any atom is 0.354 e. The lowest BCUT2D eigenvalue weighted by Gasteiger charge is -2.31. The molecule has 18 heavy (non-hydrogen) atoms. The first-order valence-electron chi connectivity index (χ1n) is 5.83. The van der Waals surface area contributed by atoms with E-state index in [1.165, 1.54) is 14.2 Å². The third-order valence-electron chi connectivity index (χ3n) is 2.72. The molecule has 0 aliphatic rings. The Morgan fingerprint density at radius 1 is 1.28 bits per heavy atom.